The lowest BCUT2D eigenvalue weighted by molar-refractivity contribution is 0.120. The first-order valence-corrected chi connectivity index (χ1v) is 6.13. The van der Waals surface area contributed by atoms with Crippen LogP contribution in [0.4, 0.5) is 0 Å². The van der Waals surface area contributed by atoms with Gasteiger partial charge in [0.2, 0.25) is 0 Å². The zero-order valence-corrected chi connectivity index (χ0v) is 10.3. The van der Waals surface area contributed by atoms with Crippen molar-refractivity contribution in [3.8, 4) is 0 Å². The monoisotopic (exact) mass is 222 g/mol. The summed E-state index contributed by atoms with van der Waals surface area (Å²) in [6.45, 7) is 4.26. The first-order chi connectivity index (χ1) is 7.68. The number of hydrogen-bond acceptors (Lipinski definition) is 3. The van der Waals surface area contributed by atoms with Gasteiger partial charge in [-0.3, -0.25) is 4.90 Å². The molecule has 90 valence electrons. The van der Waals surface area contributed by atoms with E-state index in [0.717, 1.165) is 13.1 Å². The first kappa shape index (κ1) is 11.6. The molecule has 0 saturated carbocycles. The summed E-state index contributed by atoms with van der Waals surface area (Å²) >= 11 is 0. The molecule has 2 atom stereocenters. The van der Waals surface area contributed by atoms with Crippen molar-refractivity contribution in [2.24, 2.45) is 12.8 Å². The van der Waals surface area contributed by atoms with Gasteiger partial charge >= 0.3 is 0 Å². The highest BCUT2D eigenvalue weighted by Gasteiger charge is 2.25. The van der Waals surface area contributed by atoms with Crippen LogP contribution >= 0.6 is 0 Å². The van der Waals surface area contributed by atoms with Crippen LogP contribution in [0.5, 0.6) is 0 Å². The zero-order valence-electron chi connectivity index (χ0n) is 10.3. The molecule has 0 spiro atoms. The van der Waals surface area contributed by atoms with Crippen LogP contribution in [0.15, 0.2) is 12.5 Å². The maximum atomic E-state index is 6.06. The van der Waals surface area contributed by atoms with E-state index in [1.54, 1.807) is 0 Å². The molecule has 1 aromatic rings. The molecule has 2 N–H and O–H groups in total. The van der Waals surface area contributed by atoms with Crippen LogP contribution in [0.25, 0.3) is 0 Å². The maximum absolute atomic E-state index is 6.06. The highest BCUT2D eigenvalue weighted by molar-refractivity contribution is 4.99. The molecule has 4 heteroatoms. The van der Waals surface area contributed by atoms with Crippen molar-refractivity contribution in [1.82, 2.24) is 14.5 Å². The fraction of sp³-hybridized carbons (Fsp3) is 0.750. The number of aryl methyl sites for hydroxylation is 1. The number of imidazole rings is 1. The number of piperidine rings is 1. The van der Waals surface area contributed by atoms with Crippen LogP contribution in [-0.2, 0) is 13.6 Å². The first-order valence-electron chi connectivity index (χ1n) is 6.13. The Morgan fingerprint density at radius 3 is 3.00 bits per heavy atom. The maximum Gasteiger partial charge on any atom is 0.0945 e. The quantitative estimate of drug-likeness (QED) is 0.833. The van der Waals surface area contributed by atoms with Gasteiger partial charge in [0, 0.05) is 31.9 Å². The molecule has 2 heterocycles. The highest BCUT2D eigenvalue weighted by Crippen LogP contribution is 2.21. The molecule has 0 radical (unpaired) electrons. The number of nitrogens with two attached hydrogens (primary N) is 1. The van der Waals surface area contributed by atoms with Crippen molar-refractivity contribution < 1.29 is 0 Å². The normalized spacial score (nSPS) is 24.6. The average molecular weight is 222 g/mol. The van der Waals surface area contributed by atoms with E-state index in [1.165, 1.54) is 25.0 Å². The van der Waals surface area contributed by atoms with Crippen LogP contribution in [0, 0.1) is 0 Å². The molecule has 0 bridgehead atoms. The number of likely N-dealkylation sites (tertiary alicyclic amines) is 1. The summed E-state index contributed by atoms with van der Waals surface area (Å²) in [5, 5.41) is 0. The Kier molecular flexibility index (Phi) is 3.61. The van der Waals surface area contributed by atoms with Crippen LogP contribution in [0.1, 0.15) is 31.9 Å². The third kappa shape index (κ3) is 2.44. The second-order valence-electron chi connectivity index (χ2n) is 4.89. The van der Waals surface area contributed by atoms with Crippen molar-refractivity contribution in [3.05, 3.63) is 18.2 Å². The van der Waals surface area contributed by atoms with E-state index in [4.69, 9.17) is 5.73 Å². The lowest BCUT2D eigenvalue weighted by Gasteiger charge is -2.37. The van der Waals surface area contributed by atoms with Crippen LogP contribution in [-0.4, -0.2) is 33.1 Å². The van der Waals surface area contributed by atoms with Gasteiger partial charge in [-0.2, -0.15) is 0 Å². The van der Waals surface area contributed by atoms with Gasteiger partial charge in [0.25, 0.3) is 0 Å². The summed E-state index contributed by atoms with van der Waals surface area (Å²) in [5.74, 6) is 0. The molecular weight excluding hydrogens is 200 g/mol. The molecule has 1 aliphatic rings. The highest BCUT2D eigenvalue weighted by atomic mass is 15.2. The fourth-order valence-electron chi connectivity index (χ4n) is 2.55. The molecule has 1 saturated heterocycles. The number of nitrogens with zero attached hydrogens (tertiary/aromatic N) is 3. The summed E-state index contributed by atoms with van der Waals surface area (Å²) in [4.78, 5) is 6.67. The molecule has 2 rings (SSSR count). The van der Waals surface area contributed by atoms with Gasteiger partial charge < -0.3 is 10.3 Å². The summed E-state index contributed by atoms with van der Waals surface area (Å²) in [5.41, 5.74) is 7.33. The van der Waals surface area contributed by atoms with Crippen molar-refractivity contribution in [3.63, 3.8) is 0 Å². The molecule has 16 heavy (non-hydrogen) atoms. The molecule has 0 amide bonds. The number of aromatic nitrogens is 2. The van der Waals surface area contributed by atoms with E-state index in [2.05, 4.69) is 21.4 Å². The molecular formula is C12H22N4. The second-order valence-corrected chi connectivity index (χ2v) is 4.89. The van der Waals surface area contributed by atoms with Crippen molar-refractivity contribution in [2.45, 2.75) is 44.8 Å². The molecule has 0 aliphatic carbocycles. The molecule has 1 fully saturated rings. The smallest absolute Gasteiger partial charge is 0.0945 e. The van der Waals surface area contributed by atoms with Crippen molar-refractivity contribution in [2.75, 3.05) is 6.54 Å². The summed E-state index contributed by atoms with van der Waals surface area (Å²) < 4.78 is 2.09. The predicted octanol–water partition coefficient (Wildman–Crippen LogP) is 1.12. The largest absolute Gasteiger partial charge is 0.337 e. The average Bonchev–Trinajstić information content (AvgIpc) is 2.65. The molecule has 4 nitrogen and oxygen atoms in total. The van der Waals surface area contributed by atoms with Gasteiger partial charge in [-0.05, 0) is 26.3 Å². The van der Waals surface area contributed by atoms with E-state index in [1.807, 2.05) is 19.6 Å². The van der Waals surface area contributed by atoms with Gasteiger partial charge in [-0.15, -0.1) is 0 Å². The topological polar surface area (TPSA) is 47.1 Å². The third-order valence-corrected chi connectivity index (χ3v) is 3.55. The van der Waals surface area contributed by atoms with Crippen molar-refractivity contribution in [1.29, 1.82) is 0 Å². The Labute approximate surface area is 97.4 Å². The van der Waals surface area contributed by atoms with Crippen LogP contribution < -0.4 is 5.73 Å². The van der Waals surface area contributed by atoms with Gasteiger partial charge in [0.05, 0.1) is 12.0 Å². The van der Waals surface area contributed by atoms with Crippen molar-refractivity contribution >= 4 is 0 Å². The Bertz CT molecular complexity index is 332. The van der Waals surface area contributed by atoms with E-state index < -0.39 is 0 Å². The molecule has 0 aromatic carbocycles. The van der Waals surface area contributed by atoms with E-state index >= 15 is 0 Å². The molecule has 1 aliphatic heterocycles. The Morgan fingerprint density at radius 1 is 1.56 bits per heavy atom. The van der Waals surface area contributed by atoms with Crippen LogP contribution in [0.2, 0.25) is 0 Å². The molecule has 1 aromatic heterocycles. The van der Waals surface area contributed by atoms with E-state index in [9.17, 15) is 0 Å². The minimum atomic E-state index is 0.258. The SMILES string of the molecule is CC(N)C1CCCCN1Cc1cncn1C. The number of hydrogen-bond donors (Lipinski definition) is 1. The summed E-state index contributed by atoms with van der Waals surface area (Å²) in [7, 11) is 2.05. The van der Waals surface area contributed by atoms with Gasteiger partial charge in [-0.1, -0.05) is 6.42 Å². The van der Waals surface area contributed by atoms with E-state index in [0.29, 0.717) is 6.04 Å². The van der Waals surface area contributed by atoms with Gasteiger partial charge in [0.15, 0.2) is 0 Å². The lowest BCUT2D eigenvalue weighted by atomic mass is 9.97. The van der Waals surface area contributed by atoms with Gasteiger partial charge in [0.1, 0.15) is 0 Å². The fourth-order valence-corrected chi connectivity index (χ4v) is 2.55. The summed E-state index contributed by atoms with van der Waals surface area (Å²) in [6.07, 6.45) is 7.65. The summed E-state index contributed by atoms with van der Waals surface area (Å²) in [6, 6.07) is 0.789. The van der Waals surface area contributed by atoms with Crippen LogP contribution in [0.3, 0.4) is 0 Å². The Balaban J connectivity index is 2.04. The minimum absolute atomic E-state index is 0.258. The lowest BCUT2D eigenvalue weighted by Crippen LogP contribution is -2.48. The number of rotatable bonds is 3. The predicted molar refractivity (Wildman–Crippen MR) is 64.9 cm³/mol. The van der Waals surface area contributed by atoms with E-state index in [-0.39, 0.29) is 6.04 Å². The second kappa shape index (κ2) is 4.97. The Morgan fingerprint density at radius 2 is 2.38 bits per heavy atom. The minimum Gasteiger partial charge on any atom is -0.337 e. The zero-order chi connectivity index (χ0) is 11.5. The third-order valence-electron chi connectivity index (χ3n) is 3.55. The molecule has 2 unspecified atom stereocenters. The van der Waals surface area contributed by atoms with Gasteiger partial charge in [-0.25, -0.2) is 4.98 Å². The standard InChI is InChI=1S/C12H22N4/c1-10(13)12-5-3-4-6-16(12)8-11-7-14-9-15(11)2/h7,9-10,12H,3-6,8,13H2,1-2H3. The Hall–Kier alpha value is -0.870.